The fourth-order valence-electron chi connectivity index (χ4n) is 2.53. The number of aromatic nitrogens is 2. The quantitative estimate of drug-likeness (QED) is 0.529. The van der Waals surface area contributed by atoms with Crippen LogP contribution in [0.2, 0.25) is 5.02 Å². The highest BCUT2D eigenvalue weighted by Crippen LogP contribution is 2.39. The Kier molecular flexibility index (Phi) is 4.03. The van der Waals surface area contributed by atoms with Crippen LogP contribution < -0.4 is 16.2 Å². The second-order valence-electron chi connectivity index (χ2n) is 5.06. The highest BCUT2D eigenvalue weighted by molar-refractivity contribution is 9.10. The topological polar surface area (TPSA) is 114 Å². The third-order valence-electron chi connectivity index (χ3n) is 3.64. The molecule has 0 aliphatic carbocycles. The van der Waals surface area contributed by atoms with Crippen LogP contribution in [0.1, 0.15) is 11.3 Å². The van der Waals surface area contributed by atoms with Crippen LogP contribution in [0.15, 0.2) is 16.6 Å². The number of nitrogens with zero attached hydrogens (tertiary/aromatic N) is 3. The molecule has 120 valence electrons. The second-order valence-corrected chi connectivity index (χ2v) is 6.33. The standard InChI is InChI=1S/C14H14BrClN6O/c1-23-11-2-6(9(16)3-8(11)15)12-7-4-22(13(17)18)5-10(7)20-14(19)21-12/h2-3H,4-5H2,1H3,(H3,17,18)(H2,19,20,21). The fourth-order valence-corrected chi connectivity index (χ4v) is 3.42. The number of guanidine groups is 1. The summed E-state index contributed by atoms with van der Waals surface area (Å²) in [5.74, 6) is 0.769. The van der Waals surface area contributed by atoms with Crippen LogP contribution in [0, 0.1) is 5.41 Å². The van der Waals surface area contributed by atoms with Crippen molar-refractivity contribution in [2.75, 3.05) is 12.8 Å². The van der Waals surface area contributed by atoms with Crippen LogP contribution in [0.4, 0.5) is 5.95 Å². The zero-order valence-electron chi connectivity index (χ0n) is 12.2. The van der Waals surface area contributed by atoms with Gasteiger partial charge >= 0.3 is 0 Å². The molecule has 9 heteroatoms. The third-order valence-corrected chi connectivity index (χ3v) is 4.57. The van der Waals surface area contributed by atoms with Gasteiger partial charge in [-0.15, -0.1) is 0 Å². The highest BCUT2D eigenvalue weighted by atomic mass is 79.9. The number of rotatable bonds is 2. The van der Waals surface area contributed by atoms with E-state index in [1.807, 2.05) is 0 Å². The van der Waals surface area contributed by atoms with Gasteiger partial charge in [-0.1, -0.05) is 11.6 Å². The van der Waals surface area contributed by atoms with E-state index in [0.29, 0.717) is 35.1 Å². The molecule has 0 unspecified atom stereocenters. The molecular weight excluding hydrogens is 384 g/mol. The second kappa shape index (κ2) is 5.86. The van der Waals surface area contributed by atoms with E-state index in [9.17, 15) is 0 Å². The molecule has 1 aromatic carbocycles. The van der Waals surface area contributed by atoms with Gasteiger partial charge in [-0.25, -0.2) is 9.97 Å². The van der Waals surface area contributed by atoms with E-state index in [1.54, 1.807) is 24.1 Å². The Labute approximate surface area is 146 Å². The zero-order valence-corrected chi connectivity index (χ0v) is 14.6. The molecule has 5 N–H and O–H groups in total. The Balaban J connectivity index is 2.18. The molecule has 3 rings (SSSR count). The summed E-state index contributed by atoms with van der Waals surface area (Å²) < 4.78 is 6.07. The van der Waals surface area contributed by atoms with Gasteiger partial charge in [0.25, 0.3) is 0 Å². The van der Waals surface area contributed by atoms with Crippen molar-refractivity contribution in [1.82, 2.24) is 14.9 Å². The molecule has 0 spiro atoms. The molecule has 1 aromatic heterocycles. The van der Waals surface area contributed by atoms with Crippen molar-refractivity contribution in [2.45, 2.75) is 13.1 Å². The van der Waals surface area contributed by atoms with Gasteiger partial charge in [0, 0.05) is 11.1 Å². The summed E-state index contributed by atoms with van der Waals surface area (Å²) in [6.45, 7) is 0.866. The minimum absolute atomic E-state index is 0.0213. The first kappa shape index (κ1) is 15.8. The number of anilines is 1. The molecule has 23 heavy (non-hydrogen) atoms. The number of fused-ring (bicyclic) bond motifs is 1. The van der Waals surface area contributed by atoms with Crippen molar-refractivity contribution in [3.05, 3.63) is 32.9 Å². The first-order valence-electron chi connectivity index (χ1n) is 6.68. The van der Waals surface area contributed by atoms with E-state index in [4.69, 9.17) is 33.2 Å². The molecule has 0 amide bonds. The van der Waals surface area contributed by atoms with Gasteiger partial charge < -0.3 is 21.1 Å². The van der Waals surface area contributed by atoms with Crippen LogP contribution in [-0.4, -0.2) is 27.9 Å². The summed E-state index contributed by atoms with van der Waals surface area (Å²) >= 11 is 9.78. The van der Waals surface area contributed by atoms with Gasteiger partial charge in [0.15, 0.2) is 5.96 Å². The first-order chi connectivity index (χ1) is 10.9. The van der Waals surface area contributed by atoms with Gasteiger partial charge in [-0.3, -0.25) is 5.41 Å². The normalized spacial score (nSPS) is 13.1. The summed E-state index contributed by atoms with van der Waals surface area (Å²) in [5.41, 5.74) is 14.3. The number of nitrogen functional groups attached to an aromatic ring is 1. The van der Waals surface area contributed by atoms with Gasteiger partial charge in [-0.05, 0) is 28.1 Å². The van der Waals surface area contributed by atoms with Crippen molar-refractivity contribution < 1.29 is 4.74 Å². The highest BCUT2D eigenvalue weighted by Gasteiger charge is 2.27. The summed E-state index contributed by atoms with van der Waals surface area (Å²) in [5, 5.41) is 8.12. The number of benzene rings is 1. The van der Waals surface area contributed by atoms with Crippen molar-refractivity contribution in [2.24, 2.45) is 5.73 Å². The van der Waals surface area contributed by atoms with Crippen molar-refractivity contribution in [1.29, 1.82) is 5.41 Å². The molecule has 0 fully saturated rings. The maximum Gasteiger partial charge on any atom is 0.220 e. The molecule has 0 bridgehead atoms. The van der Waals surface area contributed by atoms with Crippen LogP contribution in [-0.2, 0) is 13.1 Å². The molecule has 0 radical (unpaired) electrons. The van der Waals surface area contributed by atoms with Gasteiger partial charge in [0.1, 0.15) is 5.75 Å². The monoisotopic (exact) mass is 396 g/mol. The lowest BCUT2D eigenvalue weighted by Crippen LogP contribution is -2.31. The maximum atomic E-state index is 7.60. The summed E-state index contributed by atoms with van der Waals surface area (Å²) in [7, 11) is 1.58. The molecule has 0 saturated carbocycles. The van der Waals surface area contributed by atoms with E-state index in [2.05, 4.69) is 25.9 Å². The Hall–Kier alpha value is -2.06. The predicted molar refractivity (Wildman–Crippen MR) is 92.3 cm³/mol. The van der Waals surface area contributed by atoms with Gasteiger partial charge in [-0.2, -0.15) is 0 Å². The lowest BCUT2D eigenvalue weighted by atomic mass is 10.1. The minimum Gasteiger partial charge on any atom is -0.496 e. The average molecular weight is 398 g/mol. The lowest BCUT2D eigenvalue weighted by Gasteiger charge is -2.14. The fraction of sp³-hybridized carbons (Fsp3) is 0.214. The molecule has 1 aliphatic rings. The Bertz CT molecular complexity index is 812. The average Bonchev–Trinajstić information content (AvgIpc) is 2.91. The smallest absolute Gasteiger partial charge is 0.220 e. The van der Waals surface area contributed by atoms with E-state index < -0.39 is 0 Å². The molecule has 0 atom stereocenters. The number of hydrogen-bond donors (Lipinski definition) is 3. The SMILES string of the molecule is COc1cc(-c2nc(N)nc3c2CN(C(=N)N)C3)c(Cl)cc1Br. The minimum atomic E-state index is -0.0213. The van der Waals surface area contributed by atoms with E-state index in [-0.39, 0.29) is 11.9 Å². The molecule has 7 nitrogen and oxygen atoms in total. The Morgan fingerprint density at radius 1 is 1.39 bits per heavy atom. The Morgan fingerprint density at radius 3 is 2.78 bits per heavy atom. The number of nitrogens with two attached hydrogens (primary N) is 2. The summed E-state index contributed by atoms with van der Waals surface area (Å²) in [6.07, 6.45) is 0. The number of hydrogen-bond acceptors (Lipinski definition) is 5. The number of ether oxygens (including phenoxy) is 1. The van der Waals surface area contributed by atoms with Gasteiger partial charge in [0.2, 0.25) is 5.95 Å². The molecule has 0 saturated heterocycles. The predicted octanol–water partition coefficient (Wildman–Crippen LogP) is 2.36. The van der Waals surface area contributed by atoms with Crippen LogP contribution in [0.3, 0.4) is 0 Å². The first-order valence-corrected chi connectivity index (χ1v) is 7.85. The number of methoxy groups -OCH3 is 1. The van der Waals surface area contributed by atoms with Crippen molar-refractivity contribution >= 4 is 39.4 Å². The third kappa shape index (κ3) is 2.79. The van der Waals surface area contributed by atoms with Crippen molar-refractivity contribution in [3.8, 4) is 17.0 Å². The molecular formula is C14H14BrClN6O. The summed E-state index contributed by atoms with van der Waals surface area (Å²) in [4.78, 5) is 10.3. The molecule has 1 aliphatic heterocycles. The Morgan fingerprint density at radius 2 is 2.13 bits per heavy atom. The summed E-state index contributed by atoms with van der Waals surface area (Å²) in [6, 6.07) is 3.54. The largest absolute Gasteiger partial charge is 0.496 e. The van der Waals surface area contributed by atoms with Crippen molar-refractivity contribution in [3.63, 3.8) is 0 Å². The van der Waals surface area contributed by atoms with E-state index >= 15 is 0 Å². The van der Waals surface area contributed by atoms with Crippen LogP contribution in [0.5, 0.6) is 5.75 Å². The van der Waals surface area contributed by atoms with Gasteiger partial charge in [0.05, 0.1) is 41.1 Å². The molecule has 2 heterocycles. The van der Waals surface area contributed by atoms with Crippen LogP contribution in [0.25, 0.3) is 11.3 Å². The van der Waals surface area contributed by atoms with E-state index in [0.717, 1.165) is 15.7 Å². The zero-order chi connectivity index (χ0) is 16.7. The molecule has 2 aromatic rings. The maximum absolute atomic E-state index is 7.60. The van der Waals surface area contributed by atoms with E-state index in [1.165, 1.54) is 0 Å². The lowest BCUT2D eigenvalue weighted by molar-refractivity contribution is 0.412. The number of halogens is 2. The number of nitrogens with one attached hydrogen (secondary N) is 1. The van der Waals surface area contributed by atoms with Crippen LogP contribution >= 0.6 is 27.5 Å².